The maximum atomic E-state index is 13.8. The molecule has 1 aliphatic carbocycles. The molecule has 0 bridgehead atoms. The molecule has 0 fully saturated rings. The second-order valence-corrected chi connectivity index (χ2v) is 3.92. The van der Waals surface area contributed by atoms with Crippen molar-refractivity contribution in [2.75, 3.05) is 0 Å². The molecule has 0 radical (unpaired) electrons. The highest BCUT2D eigenvalue weighted by Gasteiger charge is 2.42. The van der Waals surface area contributed by atoms with Gasteiger partial charge in [0.15, 0.2) is 0 Å². The lowest BCUT2D eigenvalue weighted by Gasteiger charge is -2.18. The summed E-state index contributed by atoms with van der Waals surface area (Å²) < 4.78 is 27.6. The van der Waals surface area contributed by atoms with Crippen molar-refractivity contribution in [3.63, 3.8) is 0 Å². The average molecular weight is 194 g/mol. The third-order valence-electron chi connectivity index (χ3n) is 2.59. The predicted octanol–water partition coefficient (Wildman–Crippen LogP) is 3.83. The van der Waals surface area contributed by atoms with Crippen LogP contribution in [-0.2, 0) is 5.92 Å². The lowest BCUT2D eigenvalue weighted by atomic mass is 9.97. The Kier molecular flexibility index (Phi) is 1.95. The SMILES string of the molecule is CC(C)C1=Cc2ccccc2C1(F)F. The molecule has 1 aliphatic rings. The van der Waals surface area contributed by atoms with Crippen LogP contribution in [0.5, 0.6) is 0 Å². The van der Waals surface area contributed by atoms with E-state index in [9.17, 15) is 8.78 Å². The van der Waals surface area contributed by atoms with E-state index in [1.165, 1.54) is 6.07 Å². The van der Waals surface area contributed by atoms with Crippen LogP contribution in [0, 0.1) is 5.92 Å². The van der Waals surface area contributed by atoms with Crippen LogP contribution in [0.15, 0.2) is 29.8 Å². The van der Waals surface area contributed by atoms with E-state index in [4.69, 9.17) is 0 Å². The van der Waals surface area contributed by atoms with E-state index in [0.29, 0.717) is 5.56 Å². The second-order valence-electron chi connectivity index (χ2n) is 3.92. The summed E-state index contributed by atoms with van der Waals surface area (Å²) in [4.78, 5) is 0. The predicted molar refractivity (Wildman–Crippen MR) is 53.2 cm³/mol. The number of rotatable bonds is 1. The van der Waals surface area contributed by atoms with Crippen molar-refractivity contribution in [2.45, 2.75) is 19.8 Å². The Morgan fingerprint density at radius 3 is 2.36 bits per heavy atom. The zero-order valence-electron chi connectivity index (χ0n) is 8.22. The van der Waals surface area contributed by atoms with Crippen molar-refractivity contribution < 1.29 is 8.78 Å². The first-order valence-electron chi connectivity index (χ1n) is 4.73. The Balaban J connectivity index is 2.56. The summed E-state index contributed by atoms with van der Waals surface area (Å²) in [5.41, 5.74) is 1.02. The first-order valence-corrected chi connectivity index (χ1v) is 4.73. The van der Waals surface area contributed by atoms with Crippen LogP contribution >= 0.6 is 0 Å². The van der Waals surface area contributed by atoms with E-state index < -0.39 is 5.92 Å². The zero-order chi connectivity index (χ0) is 10.3. The molecular weight excluding hydrogens is 182 g/mol. The molecule has 0 spiro atoms. The average Bonchev–Trinajstić information content (AvgIpc) is 2.39. The van der Waals surface area contributed by atoms with Gasteiger partial charge in [0.1, 0.15) is 0 Å². The van der Waals surface area contributed by atoms with E-state index in [-0.39, 0.29) is 17.1 Å². The van der Waals surface area contributed by atoms with E-state index in [2.05, 4.69) is 0 Å². The van der Waals surface area contributed by atoms with Gasteiger partial charge in [-0.05, 0) is 17.6 Å². The Hall–Kier alpha value is -1.18. The van der Waals surface area contributed by atoms with Crippen molar-refractivity contribution in [1.29, 1.82) is 0 Å². The summed E-state index contributed by atoms with van der Waals surface area (Å²) in [5.74, 6) is -2.89. The fourth-order valence-corrected chi connectivity index (χ4v) is 1.85. The smallest absolute Gasteiger partial charge is 0.196 e. The largest absolute Gasteiger partial charge is 0.295 e. The normalized spacial score (nSPS) is 18.2. The summed E-state index contributed by atoms with van der Waals surface area (Å²) in [6.45, 7) is 3.59. The summed E-state index contributed by atoms with van der Waals surface area (Å²) in [7, 11) is 0. The van der Waals surface area contributed by atoms with Crippen LogP contribution in [0.3, 0.4) is 0 Å². The highest BCUT2D eigenvalue weighted by atomic mass is 19.3. The molecule has 1 aromatic carbocycles. The van der Waals surface area contributed by atoms with Crippen LogP contribution < -0.4 is 0 Å². The molecule has 0 N–H and O–H groups in total. The fourth-order valence-electron chi connectivity index (χ4n) is 1.85. The first-order chi connectivity index (χ1) is 6.53. The molecule has 0 unspecified atom stereocenters. The molecule has 0 saturated carbocycles. The molecule has 0 amide bonds. The molecule has 0 atom stereocenters. The summed E-state index contributed by atoms with van der Waals surface area (Å²) in [6, 6.07) is 6.68. The summed E-state index contributed by atoms with van der Waals surface area (Å²) >= 11 is 0. The molecular formula is C12H12F2. The first kappa shape index (κ1) is 9.38. The molecule has 2 rings (SSSR count). The van der Waals surface area contributed by atoms with Gasteiger partial charge in [0, 0.05) is 11.1 Å². The van der Waals surface area contributed by atoms with E-state index >= 15 is 0 Å². The van der Waals surface area contributed by atoms with Gasteiger partial charge in [0.2, 0.25) is 0 Å². The Labute approximate surface area is 82.3 Å². The number of allylic oxidation sites excluding steroid dienone is 1. The van der Waals surface area contributed by atoms with E-state index in [0.717, 1.165) is 0 Å². The monoisotopic (exact) mass is 194 g/mol. The van der Waals surface area contributed by atoms with Crippen molar-refractivity contribution in [2.24, 2.45) is 5.92 Å². The third kappa shape index (κ3) is 1.17. The van der Waals surface area contributed by atoms with Gasteiger partial charge in [-0.2, -0.15) is 8.78 Å². The van der Waals surface area contributed by atoms with Crippen molar-refractivity contribution in [1.82, 2.24) is 0 Å². The molecule has 0 saturated heterocycles. The van der Waals surface area contributed by atoms with Gasteiger partial charge < -0.3 is 0 Å². The number of benzene rings is 1. The van der Waals surface area contributed by atoms with Gasteiger partial charge in [0.05, 0.1) is 0 Å². The molecule has 1 aromatic rings. The molecule has 2 heteroatoms. The van der Waals surface area contributed by atoms with Crippen LogP contribution in [0.25, 0.3) is 6.08 Å². The van der Waals surface area contributed by atoms with Crippen molar-refractivity contribution >= 4 is 6.08 Å². The van der Waals surface area contributed by atoms with E-state index in [1.54, 1.807) is 38.1 Å². The quantitative estimate of drug-likeness (QED) is 0.637. The Morgan fingerprint density at radius 1 is 1.14 bits per heavy atom. The fraction of sp³-hybridized carbons (Fsp3) is 0.333. The Morgan fingerprint density at radius 2 is 1.79 bits per heavy atom. The number of hydrogen-bond donors (Lipinski definition) is 0. The molecule has 0 heterocycles. The zero-order valence-corrected chi connectivity index (χ0v) is 8.22. The minimum absolute atomic E-state index is 0.114. The molecule has 0 aliphatic heterocycles. The number of fused-ring (bicyclic) bond motifs is 1. The maximum Gasteiger partial charge on any atom is 0.295 e. The lowest BCUT2D eigenvalue weighted by molar-refractivity contribution is 0.0335. The van der Waals surface area contributed by atoms with Crippen LogP contribution in [-0.4, -0.2) is 0 Å². The van der Waals surface area contributed by atoms with Crippen LogP contribution in [0.1, 0.15) is 25.0 Å². The second kappa shape index (κ2) is 2.91. The topological polar surface area (TPSA) is 0 Å². The highest BCUT2D eigenvalue weighted by Crippen LogP contribution is 2.47. The Bertz CT molecular complexity index is 389. The molecule has 74 valence electrons. The summed E-state index contributed by atoms with van der Waals surface area (Å²) in [6.07, 6.45) is 1.61. The minimum Gasteiger partial charge on any atom is -0.196 e. The minimum atomic E-state index is -2.77. The number of halogens is 2. The van der Waals surface area contributed by atoms with Gasteiger partial charge in [-0.1, -0.05) is 38.1 Å². The highest BCUT2D eigenvalue weighted by molar-refractivity contribution is 5.67. The van der Waals surface area contributed by atoms with Crippen molar-refractivity contribution in [3.8, 4) is 0 Å². The number of hydrogen-bond acceptors (Lipinski definition) is 0. The van der Waals surface area contributed by atoms with Crippen LogP contribution in [0.2, 0.25) is 0 Å². The molecule has 0 nitrogen and oxygen atoms in total. The van der Waals surface area contributed by atoms with Gasteiger partial charge in [-0.3, -0.25) is 0 Å². The summed E-state index contributed by atoms with van der Waals surface area (Å²) in [5, 5.41) is 0. The van der Waals surface area contributed by atoms with Gasteiger partial charge in [-0.15, -0.1) is 0 Å². The molecule has 0 aromatic heterocycles. The van der Waals surface area contributed by atoms with Gasteiger partial charge >= 0.3 is 0 Å². The third-order valence-corrected chi connectivity index (χ3v) is 2.59. The van der Waals surface area contributed by atoms with Crippen LogP contribution in [0.4, 0.5) is 8.78 Å². The maximum absolute atomic E-state index is 13.8. The standard InChI is InChI=1S/C12H12F2/c1-8(2)11-7-9-5-3-4-6-10(9)12(11,13)14/h3-8H,1-2H3. The van der Waals surface area contributed by atoms with Gasteiger partial charge in [0.25, 0.3) is 5.92 Å². The number of alkyl halides is 2. The van der Waals surface area contributed by atoms with Gasteiger partial charge in [-0.25, -0.2) is 0 Å². The van der Waals surface area contributed by atoms with E-state index in [1.807, 2.05) is 0 Å². The molecule has 14 heavy (non-hydrogen) atoms. The lowest BCUT2D eigenvalue weighted by Crippen LogP contribution is -2.16. The van der Waals surface area contributed by atoms with Crippen molar-refractivity contribution in [3.05, 3.63) is 41.0 Å².